The van der Waals surface area contributed by atoms with Gasteiger partial charge in [0.25, 0.3) is 0 Å². The Balaban J connectivity index is 1.21. The summed E-state index contributed by atoms with van der Waals surface area (Å²) in [5.41, 5.74) is 1.39. The molecule has 0 heterocycles. The Labute approximate surface area is 297 Å². The number of benzene rings is 3. The van der Waals surface area contributed by atoms with Crippen molar-refractivity contribution in [2.24, 2.45) is 33.5 Å². The number of hydrogen-bond acceptors (Lipinski definition) is 5. The van der Waals surface area contributed by atoms with E-state index in [1.54, 1.807) is 0 Å². The van der Waals surface area contributed by atoms with Gasteiger partial charge in [-0.25, -0.2) is 8.42 Å². The summed E-state index contributed by atoms with van der Waals surface area (Å²) >= 11 is 0. The number of carbonyl (C=O) groups excluding carboxylic acids is 1. The summed E-state index contributed by atoms with van der Waals surface area (Å²) in [6, 6.07) is 27.6. The second kappa shape index (κ2) is 11.6. The number of aliphatic hydroxyl groups is 2. The Morgan fingerprint density at radius 2 is 1.40 bits per heavy atom. The quantitative estimate of drug-likeness (QED) is 0.188. The highest BCUT2D eigenvalue weighted by atomic mass is 32.2. The van der Waals surface area contributed by atoms with Crippen LogP contribution in [-0.2, 0) is 16.6 Å². The number of sulfonamides is 1. The largest absolute Gasteiger partial charge is 0.393 e. The molecule has 3 aromatic rings. The van der Waals surface area contributed by atoms with Gasteiger partial charge in [-0.2, -0.15) is 4.31 Å². The highest BCUT2D eigenvalue weighted by molar-refractivity contribution is 7.88. The van der Waals surface area contributed by atoms with Gasteiger partial charge in [0.15, 0.2) is 5.78 Å². The number of rotatable bonds is 8. The molecular formula is C43H49NO5S. The van der Waals surface area contributed by atoms with Crippen LogP contribution in [0.4, 0.5) is 0 Å². The molecule has 3 aromatic carbocycles. The van der Waals surface area contributed by atoms with E-state index >= 15 is 0 Å². The zero-order valence-corrected chi connectivity index (χ0v) is 30.2. The smallest absolute Gasteiger partial charge is 0.211 e. The molecule has 0 saturated heterocycles. The molecule has 0 amide bonds. The molecule has 0 aromatic heterocycles. The molecule has 6 aliphatic carbocycles. The molecule has 3 fully saturated rings. The van der Waals surface area contributed by atoms with Crippen LogP contribution in [0.2, 0.25) is 0 Å². The lowest BCUT2D eigenvalue weighted by Gasteiger charge is -2.71. The predicted molar refractivity (Wildman–Crippen MR) is 196 cm³/mol. The molecule has 6 nitrogen and oxygen atoms in total. The van der Waals surface area contributed by atoms with E-state index in [0.29, 0.717) is 24.8 Å². The fourth-order valence-corrected chi connectivity index (χ4v) is 12.4. The Hall–Kier alpha value is -3.36. The number of Topliss-reactive ketones (excluding diaryl/α,β-unsaturated/α-hetero) is 1. The number of fused-ring (bicyclic) bond motifs is 1. The summed E-state index contributed by atoms with van der Waals surface area (Å²) in [5, 5.41) is 23.8. The molecule has 0 radical (unpaired) electrons. The van der Waals surface area contributed by atoms with Crippen LogP contribution < -0.4 is 0 Å². The first kappa shape index (κ1) is 33.8. The minimum absolute atomic E-state index is 0.0134. The number of allylic oxidation sites excluding steroid dienone is 4. The summed E-state index contributed by atoms with van der Waals surface area (Å²) in [6.07, 6.45) is 12.6. The zero-order valence-electron chi connectivity index (χ0n) is 29.4. The number of ketones is 1. The molecule has 8 atom stereocenters. The number of carbonyl (C=O) groups is 1. The molecule has 50 heavy (non-hydrogen) atoms. The van der Waals surface area contributed by atoms with Crippen LogP contribution in [0.1, 0.15) is 74.7 Å². The van der Waals surface area contributed by atoms with Crippen molar-refractivity contribution < 1.29 is 23.4 Å². The third-order valence-corrected chi connectivity index (χ3v) is 15.5. The number of nitrogens with zero attached hydrogens (tertiary/aromatic N) is 1. The number of hydrogen-bond donors (Lipinski definition) is 2. The van der Waals surface area contributed by atoms with Crippen LogP contribution >= 0.6 is 0 Å². The molecule has 0 aliphatic heterocycles. The van der Waals surface area contributed by atoms with E-state index in [-0.39, 0.29) is 36.1 Å². The van der Waals surface area contributed by atoms with E-state index in [0.717, 1.165) is 47.9 Å². The first-order valence-corrected chi connectivity index (χ1v) is 20.1. The lowest BCUT2D eigenvalue weighted by atomic mass is 9.32. The molecule has 262 valence electrons. The second-order valence-corrected chi connectivity index (χ2v) is 18.6. The maximum atomic E-state index is 15.0. The van der Waals surface area contributed by atoms with Crippen molar-refractivity contribution in [2.45, 2.75) is 77.0 Å². The average Bonchev–Trinajstić information content (AvgIpc) is 3.38. The summed E-state index contributed by atoms with van der Waals surface area (Å²) in [6.45, 7) is 4.75. The van der Waals surface area contributed by atoms with Gasteiger partial charge in [0, 0.05) is 40.5 Å². The fourth-order valence-electron chi connectivity index (χ4n) is 11.6. The van der Waals surface area contributed by atoms with Gasteiger partial charge in [0.2, 0.25) is 10.0 Å². The van der Waals surface area contributed by atoms with Crippen LogP contribution in [0.5, 0.6) is 0 Å². The fraction of sp³-hybridized carbons (Fsp3) is 0.465. The van der Waals surface area contributed by atoms with Crippen LogP contribution in [-0.4, -0.2) is 53.2 Å². The number of aliphatic hydroxyl groups excluding tert-OH is 1. The lowest BCUT2D eigenvalue weighted by molar-refractivity contribution is -0.173. The van der Waals surface area contributed by atoms with Crippen LogP contribution in [0, 0.1) is 33.5 Å². The van der Waals surface area contributed by atoms with Crippen molar-refractivity contribution in [1.82, 2.24) is 4.31 Å². The SMILES string of the molecule is CC12CCC(O)CC13C=CC1(C(C(=O)c4ccc(-c5ccccc5)cc4)=C3)C2CCC2(C)C1CCC2(O)CN(Cc1ccccc1)S(C)(=O)=O. The average molecular weight is 692 g/mol. The van der Waals surface area contributed by atoms with E-state index in [1.165, 1.54) is 10.6 Å². The van der Waals surface area contributed by atoms with Gasteiger partial charge in [0.1, 0.15) is 0 Å². The van der Waals surface area contributed by atoms with Crippen molar-refractivity contribution in [3.05, 3.63) is 120 Å². The summed E-state index contributed by atoms with van der Waals surface area (Å²) in [5.74, 6) is 0.117. The summed E-state index contributed by atoms with van der Waals surface area (Å²) < 4.78 is 27.9. The normalized spacial score (nSPS) is 37.2. The van der Waals surface area contributed by atoms with Gasteiger partial charge >= 0.3 is 0 Å². The Morgan fingerprint density at radius 1 is 0.800 bits per heavy atom. The van der Waals surface area contributed by atoms with Gasteiger partial charge in [0.05, 0.1) is 18.0 Å². The molecule has 3 saturated carbocycles. The van der Waals surface area contributed by atoms with Crippen molar-refractivity contribution in [3.63, 3.8) is 0 Å². The minimum Gasteiger partial charge on any atom is -0.393 e. The molecule has 2 spiro atoms. The minimum atomic E-state index is -3.64. The van der Waals surface area contributed by atoms with Crippen molar-refractivity contribution in [3.8, 4) is 11.1 Å². The third-order valence-electron chi connectivity index (χ3n) is 14.3. The van der Waals surface area contributed by atoms with Gasteiger partial charge in [-0.3, -0.25) is 4.79 Å². The topological polar surface area (TPSA) is 94.9 Å². The molecule has 7 heteroatoms. The molecular weight excluding hydrogens is 643 g/mol. The molecule has 2 N–H and O–H groups in total. The monoisotopic (exact) mass is 691 g/mol. The van der Waals surface area contributed by atoms with E-state index in [2.05, 4.69) is 44.2 Å². The predicted octanol–water partition coefficient (Wildman–Crippen LogP) is 7.59. The van der Waals surface area contributed by atoms with Crippen LogP contribution in [0.3, 0.4) is 0 Å². The van der Waals surface area contributed by atoms with Crippen molar-refractivity contribution in [2.75, 3.05) is 12.8 Å². The van der Waals surface area contributed by atoms with Crippen LogP contribution in [0.15, 0.2) is 109 Å². The van der Waals surface area contributed by atoms with E-state index in [4.69, 9.17) is 0 Å². The van der Waals surface area contributed by atoms with E-state index in [9.17, 15) is 23.4 Å². The van der Waals surface area contributed by atoms with Gasteiger partial charge in [-0.15, -0.1) is 0 Å². The first-order chi connectivity index (χ1) is 23.7. The highest BCUT2D eigenvalue weighted by Gasteiger charge is 2.74. The molecule has 9 rings (SSSR count). The molecule has 6 aliphatic rings. The maximum Gasteiger partial charge on any atom is 0.211 e. The Kier molecular flexibility index (Phi) is 7.82. The second-order valence-electron chi connectivity index (χ2n) is 16.6. The third kappa shape index (κ3) is 4.83. The van der Waals surface area contributed by atoms with E-state index in [1.807, 2.05) is 72.8 Å². The van der Waals surface area contributed by atoms with Gasteiger partial charge < -0.3 is 10.2 Å². The molecule has 2 bridgehead atoms. The standard InChI is InChI=1S/C43H49NO5S/c1-39-21-18-34(45)26-41(39)24-25-43(35(27-41)38(46)33-16-14-32(15-17-33)31-12-8-5-9-13-31)36(39)19-22-40(2)37(43)20-23-42(40,47)29-44(50(3,48)49)28-30-10-6-4-7-11-30/h4-17,24-25,27,34,36-37,45,47H,18-23,26,28-29H2,1-3H3. The van der Waals surface area contributed by atoms with Crippen molar-refractivity contribution >= 4 is 15.8 Å². The Bertz CT molecular complexity index is 1980. The van der Waals surface area contributed by atoms with Gasteiger partial charge in [-0.1, -0.05) is 117 Å². The van der Waals surface area contributed by atoms with E-state index < -0.39 is 38.0 Å². The van der Waals surface area contributed by atoms with Crippen molar-refractivity contribution in [1.29, 1.82) is 0 Å². The maximum absolute atomic E-state index is 15.0. The first-order valence-electron chi connectivity index (χ1n) is 18.3. The van der Waals surface area contributed by atoms with Gasteiger partial charge in [-0.05, 0) is 78.9 Å². The molecule has 8 unspecified atom stereocenters. The van der Waals surface area contributed by atoms with Crippen LogP contribution in [0.25, 0.3) is 11.1 Å². The Morgan fingerprint density at radius 3 is 2.08 bits per heavy atom. The summed E-state index contributed by atoms with van der Waals surface area (Å²) in [4.78, 5) is 15.0. The lowest BCUT2D eigenvalue weighted by Crippen LogP contribution is -2.67. The zero-order chi connectivity index (χ0) is 35.2. The highest BCUT2D eigenvalue weighted by Crippen LogP contribution is 2.78. The summed E-state index contributed by atoms with van der Waals surface area (Å²) in [7, 11) is -3.64.